The van der Waals surface area contributed by atoms with Crippen molar-refractivity contribution in [3.63, 3.8) is 0 Å². The largest absolute Gasteiger partial charge is 0.507 e. The van der Waals surface area contributed by atoms with Crippen LogP contribution in [0, 0.1) is 13.8 Å². The zero-order valence-corrected chi connectivity index (χ0v) is 41.9. The molecule has 314 valence electrons. The zero-order valence-electron chi connectivity index (χ0n) is 37.3. The molecule has 0 spiro atoms. The van der Waals surface area contributed by atoms with Gasteiger partial charge in [-0.25, -0.2) is 9.97 Å². The fourth-order valence-corrected chi connectivity index (χ4v) is 11.9. The summed E-state index contributed by atoms with van der Waals surface area (Å²) in [5, 5.41) is 22.4. The molecule has 2 aliphatic carbocycles. The Labute approximate surface area is 400 Å². The van der Waals surface area contributed by atoms with Gasteiger partial charge in [-0.05, 0) is 141 Å². The van der Waals surface area contributed by atoms with E-state index in [4.69, 9.17) is 9.97 Å². The minimum Gasteiger partial charge on any atom is -0.507 e. The maximum absolute atomic E-state index is 10.3. The third-order valence-corrected chi connectivity index (χ3v) is 15.5. The maximum Gasteiger partial charge on any atom is 0.128 e. The summed E-state index contributed by atoms with van der Waals surface area (Å²) in [6.07, 6.45) is 0. The Morgan fingerprint density at radius 2 is 0.754 bits per heavy atom. The Kier molecular flexibility index (Phi) is 10.5. The number of benzene rings is 8. The molecular formula is C58H46N2O2S2Zn. The van der Waals surface area contributed by atoms with Crippen molar-refractivity contribution in [1.82, 2.24) is 9.97 Å². The van der Waals surface area contributed by atoms with Crippen molar-refractivity contribution in [2.24, 2.45) is 0 Å². The second-order valence-electron chi connectivity index (χ2n) is 18.3. The van der Waals surface area contributed by atoms with Gasteiger partial charge in [-0.15, -0.1) is 22.7 Å². The normalized spacial score (nSPS) is 13.6. The minimum absolute atomic E-state index is 0. The molecule has 65 heavy (non-hydrogen) atoms. The number of aromatic nitrogens is 2. The molecule has 7 heteroatoms. The van der Waals surface area contributed by atoms with Gasteiger partial charge in [0.25, 0.3) is 0 Å². The van der Waals surface area contributed by atoms with Crippen LogP contribution in [0.25, 0.3) is 86.1 Å². The molecule has 0 fully saturated rings. The summed E-state index contributed by atoms with van der Waals surface area (Å²) in [6, 6.07) is 55.4. The van der Waals surface area contributed by atoms with E-state index in [-0.39, 0.29) is 41.8 Å². The van der Waals surface area contributed by atoms with Gasteiger partial charge in [0.1, 0.15) is 21.5 Å². The molecule has 0 saturated carbocycles. The summed E-state index contributed by atoms with van der Waals surface area (Å²) in [5.74, 6) is 0.547. The third-order valence-electron chi connectivity index (χ3n) is 13.4. The second-order valence-corrected chi connectivity index (χ2v) is 20.4. The van der Waals surface area contributed by atoms with Crippen LogP contribution in [-0.2, 0) is 30.3 Å². The number of phenolic OH excluding ortho intramolecular Hbond substituents is 2. The zero-order chi connectivity index (χ0) is 44.1. The number of nitrogens with zero attached hydrogens (tertiary/aromatic N) is 2. The van der Waals surface area contributed by atoms with Crippen molar-refractivity contribution < 1.29 is 29.7 Å². The average molecular weight is 933 g/mol. The van der Waals surface area contributed by atoms with Crippen LogP contribution in [0.15, 0.2) is 158 Å². The van der Waals surface area contributed by atoms with Gasteiger partial charge in [-0.1, -0.05) is 136 Å². The van der Waals surface area contributed by atoms with Gasteiger partial charge in [0.15, 0.2) is 0 Å². The predicted molar refractivity (Wildman–Crippen MR) is 269 cm³/mol. The molecule has 2 aliphatic rings. The molecular weight excluding hydrogens is 886 g/mol. The average Bonchev–Trinajstić information content (AvgIpc) is 4.04. The molecule has 2 N–H and O–H groups in total. The van der Waals surface area contributed by atoms with Crippen LogP contribution in [0.5, 0.6) is 11.5 Å². The Hall–Kier alpha value is -6.24. The van der Waals surface area contributed by atoms with E-state index in [2.05, 4.69) is 149 Å². The number of rotatable bonds is 4. The van der Waals surface area contributed by atoms with Crippen LogP contribution in [0.1, 0.15) is 61.1 Å². The van der Waals surface area contributed by atoms with Crippen LogP contribution >= 0.6 is 22.7 Å². The molecule has 2 aromatic heterocycles. The third kappa shape index (κ3) is 7.22. The molecule has 0 saturated heterocycles. The van der Waals surface area contributed by atoms with E-state index in [0.29, 0.717) is 0 Å². The molecule has 0 atom stereocenters. The van der Waals surface area contributed by atoms with Crippen LogP contribution < -0.4 is 0 Å². The van der Waals surface area contributed by atoms with Crippen molar-refractivity contribution >= 4 is 43.1 Å². The fraction of sp³-hybridized carbons (Fsp3) is 0.138. The first-order valence-corrected chi connectivity index (χ1v) is 23.4. The molecule has 0 bridgehead atoms. The van der Waals surface area contributed by atoms with Gasteiger partial charge in [-0.2, -0.15) is 0 Å². The molecule has 12 rings (SSSR count). The van der Waals surface area contributed by atoms with Crippen molar-refractivity contribution in [1.29, 1.82) is 0 Å². The van der Waals surface area contributed by atoms with Crippen LogP contribution in [-0.4, -0.2) is 20.2 Å². The molecule has 2 heterocycles. The van der Waals surface area contributed by atoms with E-state index in [9.17, 15) is 10.2 Å². The Balaban J connectivity index is 0.000000151. The molecule has 0 unspecified atom stereocenters. The van der Waals surface area contributed by atoms with Crippen LogP contribution in [0.3, 0.4) is 0 Å². The van der Waals surface area contributed by atoms with Crippen molar-refractivity contribution in [3.05, 3.63) is 191 Å². The van der Waals surface area contributed by atoms with Crippen LogP contribution in [0.2, 0.25) is 0 Å². The van der Waals surface area contributed by atoms with Crippen LogP contribution in [0.4, 0.5) is 0 Å². The first kappa shape index (κ1) is 42.7. The summed E-state index contributed by atoms with van der Waals surface area (Å²) in [4.78, 5) is 9.57. The molecule has 0 radical (unpaired) electrons. The van der Waals surface area contributed by atoms with Gasteiger partial charge >= 0.3 is 0 Å². The molecule has 10 aromatic rings. The fourth-order valence-electron chi connectivity index (χ4n) is 9.85. The molecule has 0 amide bonds. The summed E-state index contributed by atoms with van der Waals surface area (Å²) >= 11 is 3.25. The summed E-state index contributed by atoms with van der Waals surface area (Å²) in [7, 11) is 0. The van der Waals surface area contributed by atoms with E-state index in [1.807, 2.05) is 38.1 Å². The standard InChI is InChI=1S/2C29H23NOS.Zn/c2*1-17-8-13-26(31)22(14-17)28-30-25-12-10-19(16-27(25)32-28)18-9-11-21-20-6-4-5-7-23(20)29(2,3)24(21)15-18;/h2*4-16,31H,1-3H3;. The molecule has 4 nitrogen and oxygen atoms in total. The Bertz CT molecular complexity index is 3290. The molecule has 0 aliphatic heterocycles. The SMILES string of the molecule is Cc1ccc(O)c(-c2nc3ccc(-c4ccc5c(c4)C(C)(C)c4ccccc4-5)cc3s2)c1.Cc1ccc(O)c(-c2nc3ccc(-c4ccc5c(c4)C(C)(C)c4ccccc4-5)cc3s2)c1.[Zn]. The van der Waals surface area contributed by atoms with E-state index in [1.54, 1.807) is 34.8 Å². The first-order valence-electron chi connectivity index (χ1n) is 21.7. The Morgan fingerprint density at radius 1 is 0.385 bits per heavy atom. The Morgan fingerprint density at radius 3 is 1.18 bits per heavy atom. The maximum atomic E-state index is 10.3. The number of fused-ring (bicyclic) bond motifs is 8. The van der Waals surface area contributed by atoms with Crippen molar-refractivity contribution in [2.45, 2.75) is 52.4 Å². The number of aromatic hydroxyl groups is 2. The summed E-state index contributed by atoms with van der Waals surface area (Å²) in [5.41, 5.74) is 21.5. The van der Waals surface area contributed by atoms with Gasteiger partial charge in [0.05, 0.1) is 31.6 Å². The minimum atomic E-state index is -0.00755. The number of thiazole rings is 2. The number of hydrogen-bond acceptors (Lipinski definition) is 6. The predicted octanol–water partition coefficient (Wildman–Crippen LogP) is 15.9. The van der Waals surface area contributed by atoms with Crippen molar-refractivity contribution in [2.75, 3.05) is 0 Å². The quantitative estimate of drug-likeness (QED) is 0.173. The smallest absolute Gasteiger partial charge is 0.128 e. The first-order chi connectivity index (χ1) is 30.8. The number of hydrogen-bond donors (Lipinski definition) is 2. The summed E-state index contributed by atoms with van der Waals surface area (Å²) < 4.78 is 2.25. The number of phenols is 2. The molecule has 8 aromatic carbocycles. The van der Waals surface area contributed by atoms with E-state index in [0.717, 1.165) is 52.7 Å². The van der Waals surface area contributed by atoms with E-state index in [1.165, 1.54) is 66.8 Å². The summed E-state index contributed by atoms with van der Waals surface area (Å²) in [6.45, 7) is 13.3. The van der Waals surface area contributed by atoms with Gasteiger partial charge in [-0.3, -0.25) is 0 Å². The topological polar surface area (TPSA) is 66.2 Å². The number of aryl methyl sites for hydroxylation is 2. The van der Waals surface area contributed by atoms with E-state index >= 15 is 0 Å². The van der Waals surface area contributed by atoms with Gasteiger partial charge in [0, 0.05) is 30.3 Å². The van der Waals surface area contributed by atoms with E-state index < -0.39 is 0 Å². The van der Waals surface area contributed by atoms with Gasteiger partial charge in [0.2, 0.25) is 0 Å². The van der Waals surface area contributed by atoms with Crippen molar-refractivity contribution in [3.8, 4) is 77.1 Å². The second kappa shape index (κ2) is 16.0. The van der Waals surface area contributed by atoms with Gasteiger partial charge < -0.3 is 10.2 Å². The monoisotopic (exact) mass is 930 g/mol.